The van der Waals surface area contributed by atoms with Crippen molar-refractivity contribution in [3.63, 3.8) is 0 Å². The van der Waals surface area contributed by atoms with E-state index in [1.807, 2.05) is 19.1 Å². The summed E-state index contributed by atoms with van der Waals surface area (Å²) in [7, 11) is 0. The van der Waals surface area contributed by atoms with Gasteiger partial charge in [-0.2, -0.15) is 0 Å². The molecule has 0 unspecified atom stereocenters. The first-order chi connectivity index (χ1) is 11.7. The Balaban J connectivity index is 0.00000182. The molecule has 132 valence electrons. The van der Waals surface area contributed by atoms with E-state index in [-0.39, 0.29) is 18.2 Å². The quantitative estimate of drug-likeness (QED) is 0.818. The molecule has 2 aromatic rings. The van der Waals surface area contributed by atoms with Gasteiger partial charge >= 0.3 is 0 Å². The molecule has 0 amide bonds. The van der Waals surface area contributed by atoms with Gasteiger partial charge in [-0.05, 0) is 43.9 Å². The molecule has 0 radical (unpaired) electrons. The van der Waals surface area contributed by atoms with Gasteiger partial charge in [-0.3, -0.25) is 5.32 Å². The summed E-state index contributed by atoms with van der Waals surface area (Å²) in [6.07, 6.45) is 6.66. The summed E-state index contributed by atoms with van der Waals surface area (Å²) in [4.78, 5) is 11.8. The molecule has 0 atom stereocenters. The van der Waals surface area contributed by atoms with Crippen LogP contribution in [0.15, 0.2) is 30.5 Å². The Morgan fingerprint density at radius 2 is 1.80 bits per heavy atom. The predicted molar refractivity (Wildman–Crippen MR) is 92.5 cm³/mol. The minimum Gasteiger partial charge on any atom is -1.00 e. The van der Waals surface area contributed by atoms with E-state index in [1.54, 1.807) is 0 Å². The van der Waals surface area contributed by atoms with E-state index in [1.165, 1.54) is 37.0 Å². The standard InChI is InChI=1S/C19H21FN4.ClH/c1-13-22-17-15(11-14-5-7-16(20)8-6-14)12-21-18(17)19(23-13)24-9-3-2-4-10-24;/h5-8,12,21H,2-4,9-11H2,1H3;1H. The zero-order valence-electron chi connectivity index (χ0n) is 14.3. The molecule has 6 heteroatoms. The summed E-state index contributed by atoms with van der Waals surface area (Å²) < 4.78 is 13.1. The van der Waals surface area contributed by atoms with Crippen LogP contribution >= 0.6 is 0 Å². The summed E-state index contributed by atoms with van der Waals surface area (Å²) in [6.45, 7) is 4.11. The van der Waals surface area contributed by atoms with E-state index in [0.29, 0.717) is 0 Å². The first-order valence-corrected chi connectivity index (χ1v) is 8.63. The summed E-state index contributed by atoms with van der Waals surface area (Å²) in [6, 6.07) is 6.71. The number of nitrogens with two attached hydrogens (primary N) is 1. The molecular formula is C19H22ClFN4. The number of quaternary nitrogens is 1. The van der Waals surface area contributed by atoms with E-state index in [4.69, 9.17) is 9.97 Å². The summed E-state index contributed by atoms with van der Waals surface area (Å²) in [5.41, 5.74) is 4.45. The van der Waals surface area contributed by atoms with Crippen LogP contribution in [-0.2, 0) is 6.42 Å². The number of hydrogen-bond donors (Lipinski definition) is 1. The fraction of sp³-hybridized carbons (Fsp3) is 0.368. The highest BCUT2D eigenvalue weighted by molar-refractivity contribution is 5.79. The van der Waals surface area contributed by atoms with Gasteiger partial charge in [0.1, 0.15) is 23.5 Å². The Hall–Kier alpha value is -1.98. The molecule has 0 aliphatic carbocycles. The number of aromatic nitrogens is 2. The highest BCUT2D eigenvalue weighted by Crippen LogP contribution is 2.33. The highest BCUT2D eigenvalue weighted by atomic mass is 35.5. The number of benzene rings is 1. The van der Waals surface area contributed by atoms with Crippen LogP contribution in [0.25, 0.3) is 5.57 Å². The maximum Gasteiger partial charge on any atom is 0.203 e. The van der Waals surface area contributed by atoms with Crippen LogP contribution in [0.2, 0.25) is 0 Å². The lowest BCUT2D eigenvalue weighted by molar-refractivity contribution is -0.491. The number of anilines is 1. The number of rotatable bonds is 3. The first kappa shape index (κ1) is 17.8. The summed E-state index contributed by atoms with van der Waals surface area (Å²) >= 11 is 0. The van der Waals surface area contributed by atoms with Gasteiger partial charge in [-0.1, -0.05) is 12.1 Å². The topological polar surface area (TPSA) is 45.6 Å². The lowest BCUT2D eigenvalue weighted by Crippen LogP contribution is -3.00. The zero-order chi connectivity index (χ0) is 16.5. The van der Waals surface area contributed by atoms with E-state index < -0.39 is 0 Å². The van der Waals surface area contributed by atoms with Crippen molar-refractivity contribution in [2.45, 2.75) is 32.6 Å². The molecule has 4 rings (SSSR count). The number of piperidine rings is 1. The lowest BCUT2D eigenvalue weighted by Gasteiger charge is -2.28. The first-order valence-electron chi connectivity index (χ1n) is 8.63. The average Bonchev–Trinajstić information content (AvgIpc) is 3.00. The number of allylic oxidation sites excluding steroid dienone is 1. The van der Waals surface area contributed by atoms with E-state index in [0.717, 1.165) is 48.1 Å². The molecule has 1 fully saturated rings. The number of halogens is 2. The number of hydrogen-bond acceptors (Lipinski definition) is 3. The normalized spacial score (nSPS) is 16.2. The van der Waals surface area contributed by atoms with Gasteiger partial charge in [0, 0.05) is 25.1 Å². The van der Waals surface area contributed by atoms with Crippen molar-refractivity contribution < 1.29 is 22.1 Å². The van der Waals surface area contributed by atoms with E-state index >= 15 is 0 Å². The fourth-order valence-corrected chi connectivity index (χ4v) is 3.54. The van der Waals surface area contributed by atoms with Gasteiger partial charge in [-0.15, -0.1) is 0 Å². The molecule has 0 spiro atoms. The molecule has 1 saturated heterocycles. The van der Waals surface area contributed by atoms with Crippen molar-refractivity contribution in [3.05, 3.63) is 53.4 Å². The monoisotopic (exact) mass is 360 g/mol. The van der Waals surface area contributed by atoms with Gasteiger partial charge in [0.05, 0.1) is 0 Å². The second-order valence-electron chi connectivity index (χ2n) is 6.57. The third-order valence-corrected chi connectivity index (χ3v) is 4.76. The van der Waals surface area contributed by atoms with Gasteiger partial charge < -0.3 is 17.3 Å². The second-order valence-corrected chi connectivity index (χ2v) is 6.57. The van der Waals surface area contributed by atoms with Gasteiger partial charge in [-0.25, -0.2) is 14.4 Å². The smallest absolute Gasteiger partial charge is 0.203 e. The van der Waals surface area contributed by atoms with Crippen molar-refractivity contribution in [2.75, 3.05) is 18.0 Å². The van der Waals surface area contributed by atoms with Crippen molar-refractivity contribution in [1.82, 2.24) is 9.97 Å². The number of fused-ring (bicyclic) bond motifs is 1. The molecule has 0 bridgehead atoms. The lowest BCUT2D eigenvalue weighted by atomic mass is 10.0. The van der Waals surface area contributed by atoms with Gasteiger partial charge in [0.25, 0.3) is 0 Å². The maximum absolute atomic E-state index is 13.1. The third kappa shape index (κ3) is 3.67. The van der Waals surface area contributed by atoms with Gasteiger partial charge in [0.2, 0.25) is 5.69 Å². The van der Waals surface area contributed by atoms with E-state index in [2.05, 4.69) is 16.4 Å². The molecule has 2 N–H and O–H groups in total. The Bertz CT molecular complexity index is 783. The number of nitrogens with zero attached hydrogens (tertiary/aromatic N) is 3. The second kappa shape index (κ2) is 7.50. The third-order valence-electron chi connectivity index (χ3n) is 4.76. The number of aryl methyl sites for hydroxylation is 1. The molecular weight excluding hydrogens is 339 g/mol. The molecule has 2 aliphatic rings. The van der Waals surface area contributed by atoms with Crippen molar-refractivity contribution in [2.24, 2.45) is 0 Å². The Kier molecular flexibility index (Phi) is 5.35. The van der Waals surface area contributed by atoms with Crippen LogP contribution in [0.3, 0.4) is 0 Å². The molecule has 2 aliphatic heterocycles. The molecule has 3 heterocycles. The van der Waals surface area contributed by atoms with Crippen LogP contribution in [0.1, 0.15) is 36.3 Å². The molecule has 0 saturated carbocycles. The van der Waals surface area contributed by atoms with Crippen LogP contribution in [0.4, 0.5) is 15.9 Å². The van der Waals surface area contributed by atoms with Crippen LogP contribution < -0.4 is 22.6 Å². The Morgan fingerprint density at radius 1 is 1.08 bits per heavy atom. The molecule has 1 aromatic carbocycles. The van der Waals surface area contributed by atoms with Crippen molar-refractivity contribution >= 4 is 17.1 Å². The largest absolute Gasteiger partial charge is 1.00 e. The van der Waals surface area contributed by atoms with Crippen LogP contribution in [0.5, 0.6) is 0 Å². The highest BCUT2D eigenvalue weighted by Gasteiger charge is 2.29. The molecule has 25 heavy (non-hydrogen) atoms. The zero-order valence-corrected chi connectivity index (χ0v) is 15.1. The van der Waals surface area contributed by atoms with E-state index in [9.17, 15) is 4.39 Å². The van der Waals surface area contributed by atoms with Crippen LogP contribution in [-0.4, -0.2) is 23.1 Å². The molecule has 4 nitrogen and oxygen atoms in total. The average molecular weight is 361 g/mol. The molecule has 1 aromatic heterocycles. The summed E-state index contributed by atoms with van der Waals surface area (Å²) in [5.74, 6) is 1.69. The maximum atomic E-state index is 13.1. The Labute approximate surface area is 153 Å². The summed E-state index contributed by atoms with van der Waals surface area (Å²) in [5, 5.41) is 2.14. The SMILES string of the molecule is Cc1nc2c(c(N3CCCCC3)n1)[NH2+]C=C2Cc1ccc(F)cc1.[Cl-]. The van der Waals surface area contributed by atoms with Crippen molar-refractivity contribution in [3.8, 4) is 0 Å². The minimum atomic E-state index is -0.198. The Morgan fingerprint density at radius 3 is 2.52 bits per heavy atom. The predicted octanol–water partition coefficient (Wildman–Crippen LogP) is -0.289. The van der Waals surface area contributed by atoms with Crippen molar-refractivity contribution in [1.29, 1.82) is 0 Å². The van der Waals surface area contributed by atoms with Gasteiger partial charge in [0.15, 0.2) is 5.82 Å². The fourth-order valence-electron chi connectivity index (χ4n) is 3.54. The van der Waals surface area contributed by atoms with Crippen LogP contribution in [0, 0.1) is 12.7 Å². The minimum absolute atomic E-state index is 0.